The molecule has 0 bridgehead atoms. The number of fused-ring (bicyclic) bond motifs is 1. The Balaban J connectivity index is 2.10. The van der Waals surface area contributed by atoms with E-state index in [0.29, 0.717) is 13.2 Å². The molecule has 2 unspecified atom stereocenters. The summed E-state index contributed by atoms with van der Waals surface area (Å²) in [4.78, 5) is 4.71. The molecule has 0 spiro atoms. The van der Waals surface area contributed by atoms with Gasteiger partial charge in [-0.2, -0.15) is 0 Å². The van der Waals surface area contributed by atoms with Gasteiger partial charge in [0.05, 0.1) is 30.2 Å². The van der Waals surface area contributed by atoms with Crippen LogP contribution in [0.1, 0.15) is 38.6 Å². The zero-order valence-electron chi connectivity index (χ0n) is 12.8. The first-order chi connectivity index (χ1) is 10.1. The van der Waals surface area contributed by atoms with Gasteiger partial charge in [-0.15, -0.1) is 0 Å². The second-order valence-electron chi connectivity index (χ2n) is 5.87. The Morgan fingerprint density at radius 1 is 1.43 bits per heavy atom. The first kappa shape index (κ1) is 14.5. The number of benzene rings is 1. The summed E-state index contributed by atoms with van der Waals surface area (Å²) in [7, 11) is 0. The van der Waals surface area contributed by atoms with E-state index >= 15 is 0 Å². The number of aromatic nitrogens is 2. The largest absolute Gasteiger partial charge is 0.379 e. The van der Waals surface area contributed by atoms with Crippen LogP contribution in [-0.4, -0.2) is 35.4 Å². The average Bonchev–Trinajstić information content (AvgIpc) is 3.01. The molecule has 1 fully saturated rings. The van der Waals surface area contributed by atoms with Crippen molar-refractivity contribution in [2.45, 2.75) is 38.8 Å². The molecule has 4 nitrogen and oxygen atoms in total. The van der Waals surface area contributed by atoms with Gasteiger partial charge < -0.3 is 14.6 Å². The number of hydrogen-bond acceptors (Lipinski definition) is 3. The summed E-state index contributed by atoms with van der Waals surface area (Å²) in [5.41, 5.74) is 1.71. The van der Waals surface area contributed by atoms with Crippen LogP contribution in [0.25, 0.3) is 11.0 Å². The molecule has 1 aromatic carbocycles. The van der Waals surface area contributed by atoms with Gasteiger partial charge in [0.2, 0.25) is 0 Å². The average molecular weight is 291 g/mol. The van der Waals surface area contributed by atoms with Crippen LogP contribution in [0, 0.1) is 5.82 Å². The van der Waals surface area contributed by atoms with E-state index in [1.165, 1.54) is 12.1 Å². The molecule has 1 aromatic heterocycles. The minimum atomic E-state index is -0.242. The first-order valence-corrected chi connectivity index (χ1v) is 7.60. The summed E-state index contributed by atoms with van der Waals surface area (Å²) in [5.74, 6) is 0.963. The lowest BCUT2D eigenvalue weighted by Gasteiger charge is -2.21. The highest BCUT2D eigenvalue weighted by Gasteiger charge is 2.33. The molecule has 114 valence electrons. The van der Waals surface area contributed by atoms with Gasteiger partial charge in [-0.3, -0.25) is 0 Å². The van der Waals surface area contributed by atoms with E-state index in [0.717, 1.165) is 23.4 Å². The monoisotopic (exact) mass is 291 g/mol. The van der Waals surface area contributed by atoms with Crippen molar-refractivity contribution in [2.75, 3.05) is 19.8 Å². The lowest BCUT2D eigenvalue weighted by atomic mass is 10.0. The number of nitrogens with zero attached hydrogens (tertiary/aromatic N) is 2. The highest BCUT2D eigenvalue weighted by Crippen LogP contribution is 2.31. The second-order valence-corrected chi connectivity index (χ2v) is 5.87. The van der Waals surface area contributed by atoms with Crippen molar-refractivity contribution in [2.24, 2.45) is 0 Å². The Hall–Kier alpha value is -1.46. The summed E-state index contributed by atoms with van der Waals surface area (Å²) in [6.07, 6.45) is 0. The Morgan fingerprint density at radius 2 is 2.24 bits per heavy atom. The summed E-state index contributed by atoms with van der Waals surface area (Å²) < 4.78 is 21.3. The van der Waals surface area contributed by atoms with Crippen molar-refractivity contribution in [3.05, 3.63) is 29.8 Å². The van der Waals surface area contributed by atoms with Crippen molar-refractivity contribution in [3.8, 4) is 0 Å². The highest BCUT2D eigenvalue weighted by molar-refractivity contribution is 5.76. The zero-order valence-corrected chi connectivity index (χ0v) is 12.8. The van der Waals surface area contributed by atoms with Gasteiger partial charge >= 0.3 is 0 Å². The van der Waals surface area contributed by atoms with Crippen molar-refractivity contribution >= 4 is 11.0 Å². The molecule has 0 radical (unpaired) electrons. The predicted octanol–water partition coefficient (Wildman–Crippen LogP) is 2.85. The number of imidazole rings is 1. The smallest absolute Gasteiger partial charge is 0.125 e. The third-order valence-corrected chi connectivity index (χ3v) is 4.07. The number of ether oxygens (including phenoxy) is 1. The zero-order chi connectivity index (χ0) is 15.0. The second kappa shape index (κ2) is 5.73. The van der Waals surface area contributed by atoms with Crippen molar-refractivity contribution in [3.63, 3.8) is 0 Å². The van der Waals surface area contributed by atoms with Crippen LogP contribution < -0.4 is 5.32 Å². The van der Waals surface area contributed by atoms with Crippen LogP contribution in [0.5, 0.6) is 0 Å². The van der Waals surface area contributed by atoms with Crippen molar-refractivity contribution in [1.82, 2.24) is 14.9 Å². The van der Waals surface area contributed by atoms with Gasteiger partial charge in [-0.05, 0) is 32.5 Å². The molecule has 2 heterocycles. The molecule has 1 saturated heterocycles. The van der Waals surface area contributed by atoms with Gasteiger partial charge in [0.15, 0.2) is 0 Å². The Labute approximate surface area is 124 Å². The predicted molar refractivity (Wildman–Crippen MR) is 81.1 cm³/mol. The maximum absolute atomic E-state index is 13.5. The SMILES string of the molecule is CCNC1COCC1c1nc2cc(F)ccc2n1C(C)C. The maximum atomic E-state index is 13.5. The first-order valence-electron chi connectivity index (χ1n) is 7.60. The number of nitrogens with one attached hydrogen (secondary N) is 1. The Morgan fingerprint density at radius 3 is 2.95 bits per heavy atom. The normalized spacial score (nSPS) is 22.5. The van der Waals surface area contributed by atoms with E-state index in [1.54, 1.807) is 0 Å². The molecule has 0 saturated carbocycles. The number of likely N-dealkylation sites (N-methyl/N-ethyl adjacent to an activating group) is 1. The van der Waals surface area contributed by atoms with E-state index in [4.69, 9.17) is 9.72 Å². The van der Waals surface area contributed by atoms with Crippen molar-refractivity contribution in [1.29, 1.82) is 0 Å². The molecule has 0 aliphatic carbocycles. The summed E-state index contributed by atoms with van der Waals surface area (Å²) in [6.45, 7) is 8.62. The third-order valence-electron chi connectivity index (χ3n) is 4.07. The molecule has 1 aliphatic rings. The van der Waals surface area contributed by atoms with Gasteiger partial charge in [0.1, 0.15) is 11.6 Å². The summed E-state index contributed by atoms with van der Waals surface area (Å²) in [6, 6.07) is 5.38. The molecular formula is C16H22FN3O. The molecule has 1 N–H and O–H groups in total. The Bertz CT molecular complexity index is 638. The summed E-state index contributed by atoms with van der Waals surface area (Å²) in [5, 5.41) is 3.46. The Kier molecular flexibility index (Phi) is 3.95. The lowest BCUT2D eigenvalue weighted by Crippen LogP contribution is -2.35. The van der Waals surface area contributed by atoms with Gasteiger partial charge in [0.25, 0.3) is 0 Å². The number of halogens is 1. The fraction of sp³-hybridized carbons (Fsp3) is 0.562. The lowest BCUT2D eigenvalue weighted by molar-refractivity contribution is 0.187. The highest BCUT2D eigenvalue weighted by atomic mass is 19.1. The molecule has 2 atom stereocenters. The van der Waals surface area contributed by atoms with E-state index in [2.05, 4.69) is 30.7 Å². The van der Waals surface area contributed by atoms with E-state index in [9.17, 15) is 4.39 Å². The fourth-order valence-electron chi connectivity index (χ4n) is 3.17. The third kappa shape index (κ3) is 2.56. The molecular weight excluding hydrogens is 269 g/mol. The topological polar surface area (TPSA) is 39.1 Å². The molecule has 0 amide bonds. The van der Waals surface area contributed by atoms with Crippen LogP contribution in [0.4, 0.5) is 4.39 Å². The van der Waals surface area contributed by atoms with Crippen LogP contribution in [0.15, 0.2) is 18.2 Å². The van der Waals surface area contributed by atoms with Crippen LogP contribution in [-0.2, 0) is 4.74 Å². The van der Waals surface area contributed by atoms with Gasteiger partial charge in [-0.25, -0.2) is 9.37 Å². The molecule has 3 rings (SSSR count). The van der Waals surface area contributed by atoms with Gasteiger partial charge in [-0.1, -0.05) is 6.92 Å². The quantitative estimate of drug-likeness (QED) is 0.941. The van der Waals surface area contributed by atoms with E-state index < -0.39 is 0 Å². The fourth-order valence-corrected chi connectivity index (χ4v) is 3.17. The van der Waals surface area contributed by atoms with Gasteiger partial charge in [0, 0.05) is 18.2 Å². The molecule has 2 aromatic rings. The minimum Gasteiger partial charge on any atom is -0.379 e. The van der Waals surface area contributed by atoms with E-state index in [-0.39, 0.29) is 23.8 Å². The van der Waals surface area contributed by atoms with E-state index in [1.807, 2.05) is 6.07 Å². The van der Waals surface area contributed by atoms with Crippen molar-refractivity contribution < 1.29 is 9.13 Å². The molecule has 5 heteroatoms. The van der Waals surface area contributed by atoms with Crippen LogP contribution in [0.3, 0.4) is 0 Å². The van der Waals surface area contributed by atoms with Crippen LogP contribution >= 0.6 is 0 Å². The summed E-state index contributed by atoms with van der Waals surface area (Å²) >= 11 is 0. The standard InChI is InChI=1S/C16H22FN3O/c1-4-18-14-9-21-8-12(14)16-19-13-7-11(17)5-6-15(13)20(16)10(2)3/h5-7,10,12,14,18H,4,8-9H2,1-3H3. The molecule has 21 heavy (non-hydrogen) atoms. The molecule has 1 aliphatic heterocycles. The number of rotatable bonds is 4. The minimum absolute atomic E-state index is 0.211. The number of hydrogen-bond donors (Lipinski definition) is 1. The maximum Gasteiger partial charge on any atom is 0.125 e. The van der Waals surface area contributed by atoms with Crippen LogP contribution in [0.2, 0.25) is 0 Å².